The standard InChI is InChI=1S/C26H32ClF3N2O3/c1-14-11-15(12-18(14)31-24(34)19-3-2-10-35-19)23(33)32-22(20-17(28)5-4-16(27)21(20)29)25-6-8-26(30,13-25)9-7-25/h4-5,14-15,18-19,22H,2-3,6-13H2,1H3,(H,31,34)(H,32,33)/t14-,15+,18+,19+,22-,25?,26?/m1/s1. The Morgan fingerprint density at radius 2 is 1.89 bits per heavy atom. The van der Waals surface area contributed by atoms with Crippen LogP contribution in [0.2, 0.25) is 5.02 Å². The third kappa shape index (κ3) is 4.57. The second-order valence-corrected chi connectivity index (χ2v) is 11.6. The van der Waals surface area contributed by atoms with Crippen molar-refractivity contribution in [1.82, 2.24) is 10.6 Å². The molecule has 2 N–H and O–H groups in total. The molecular formula is C26H32ClF3N2O3. The Kier molecular flexibility index (Phi) is 6.58. The summed E-state index contributed by atoms with van der Waals surface area (Å²) in [4.78, 5) is 26.0. The topological polar surface area (TPSA) is 67.4 Å². The lowest BCUT2D eigenvalue weighted by Crippen LogP contribution is -2.44. The van der Waals surface area contributed by atoms with E-state index in [1.54, 1.807) is 0 Å². The molecule has 2 amide bonds. The largest absolute Gasteiger partial charge is 0.368 e. The van der Waals surface area contributed by atoms with Crippen molar-refractivity contribution in [3.63, 3.8) is 0 Å². The summed E-state index contributed by atoms with van der Waals surface area (Å²) in [5.74, 6) is -2.55. The zero-order valence-electron chi connectivity index (χ0n) is 19.8. The van der Waals surface area contributed by atoms with E-state index in [9.17, 15) is 14.0 Å². The van der Waals surface area contributed by atoms with Crippen molar-refractivity contribution in [3.05, 3.63) is 34.4 Å². The van der Waals surface area contributed by atoms with Crippen LogP contribution in [0.15, 0.2) is 12.1 Å². The number of carbonyl (C=O) groups is 2. The van der Waals surface area contributed by atoms with Gasteiger partial charge in [-0.3, -0.25) is 9.59 Å². The third-order valence-electron chi connectivity index (χ3n) is 8.88. The number of fused-ring (bicyclic) bond motifs is 2. The SMILES string of the molecule is C[C@@H]1C[C@H](C(=O)N[C@H](c2c(F)ccc(Cl)c2F)C23CCC(F)(CC2)C3)C[C@@H]1NC(=O)[C@@H]1CCCO1. The molecule has 2 bridgehead atoms. The first-order chi connectivity index (χ1) is 16.6. The monoisotopic (exact) mass is 512 g/mol. The first kappa shape index (κ1) is 24.9. The minimum Gasteiger partial charge on any atom is -0.368 e. The molecule has 5 atom stereocenters. The number of hydrogen-bond acceptors (Lipinski definition) is 3. The minimum atomic E-state index is -1.35. The number of amides is 2. The maximum absolute atomic E-state index is 15.1. The van der Waals surface area contributed by atoms with E-state index in [1.165, 1.54) is 0 Å². The van der Waals surface area contributed by atoms with Crippen LogP contribution < -0.4 is 10.6 Å². The van der Waals surface area contributed by atoms with Gasteiger partial charge in [0.15, 0.2) is 0 Å². The summed E-state index contributed by atoms with van der Waals surface area (Å²) in [6.07, 6.45) is 3.75. The molecule has 5 nitrogen and oxygen atoms in total. The molecule has 0 radical (unpaired) electrons. The molecule has 1 heterocycles. The van der Waals surface area contributed by atoms with Crippen LogP contribution in [-0.4, -0.2) is 36.2 Å². The molecule has 0 spiro atoms. The molecule has 4 aliphatic rings. The number of halogens is 4. The van der Waals surface area contributed by atoms with Crippen LogP contribution in [0, 0.1) is 28.9 Å². The van der Waals surface area contributed by atoms with E-state index in [0.29, 0.717) is 51.6 Å². The van der Waals surface area contributed by atoms with Crippen molar-refractivity contribution in [3.8, 4) is 0 Å². The Balaban J connectivity index is 1.35. The molecule has 3 saturated carbocycles. The highest BCUT2D eigenvalue weighted by Gasteiger charge is 2.59. The fourth-order valence-corrected chi connectivity index (χ4v) is 7.06. The van der Waals surface area contributed by atoms with Gasteiger partial charge in [-0.05, 0) is 81.3 Å². The molecule has 1 saturated heterocycles. The smallest absolute Gasteiger partial charge is 0.249 e. The lowest BCUT2D eigenvalue weighted by Gasteiger charge is -2.37. The Labute approximate surface area is 208 Å². The van der Waals surface area contributed by atoms with E-state index in [0.717, 1.165) is 18.6 Å². The highest BCUT2D eigenvalue weighted by atomic mass is 35.5. The Bertz CT molecular complexity index is 1010. The van der Waals surface area contributed by atoms with E-state index in [1.807, 2.05) is 6.92 Å². The van der Waals surface area contributed by atoms with Crippen molar-refractivity contribution in [2.75, 3.05) is 6.61 Å². The van der Waals surface area contributed by atoms with Crippen molar-refractivity contribution in [2.45, 2.75) is 88.6 Å². The minimum absolute atomic E-state index is 0.0591. The molecule has 4 fully saturated rings. The zero-order chi connectivity index (χ0) is 25.0. The zero-order valence-corrected chi connectivity index (χ0v) is 20.6. The van der Waals surface area contributed by atoms with E-state index >= 15 is 8.78 Å². The first-order valence-electron chi connectivity index (χ1n) is 12.7. The Morgan fingerprint density at radius 1 is 1.14 bits per heavy atom. The fraction of sp³-hybridized carbons (Fsp3) is 0.692. The molecule has 3 aliphatic carbocycles. The number of alkyl halides is 1. The molecule has 0 unspecified atom stereocenters. The summed E-state index contributed by atoms with van der Waals surface area (Å²) in [7, 11) is 0. The molecular weight excluding hydrogens is 481 g/mol. The third-order valence-corrected chi connectivity index (χ3v) is 9.17. The van der Waals surface area contributed by atoms with Gasteiger partial charge < -0.3 is 15.4 Å². The van der Waals surface area contributed by atoms with E-state index in [2.05, 4.69) is 10.6 Å². The van der Waals surface area contributed by atoms with E-state index in [-0.39, 0.29) is 40.8 Å². The molecule has 192 valence electrons. The van der Waals surface area contributed by atoms with Gasteiger partial charge in [-0.1, -0.05) is 18.5 Å². The summed E-state index contributed by atoms with van der Waals surface area (Å²) in [5, 5.41) is 5.72. The number of nitrogens with one attached hydrogen (secondary N) is 2. The molecule has 1 aromatic rings. The average Bonchev–Trinajstić information content (AvgIpc) is 3.60. The van der Waals surface area contributed by atoms with Crippen molar-refractivity contribution in [2.24, 2.45) is 17.3 Å². The van der Waals surface area contributed by atoms with Gasteiger partial charge in [-0.25, -0.2) is 13.2 Å². The van der Waals surface area contributed by atoms with E-state index in [4.69, 9.17) is 16.3 Å². The molecule has 0 aromatic heterocycles. The summed E-state index contributed by atoms with van der Waals surface area (Å²) in [6.45, 7) is 2.55. The molecule has 35 heavy (non-hydrogen) atoms. The first-order valence-corrected chi connectivity index (χ1v) is 13.0. The van der Waals surface area contributed by atoms with Gasteiger partial charge in [-0.15, -0.1) is 0 Å². The van der Waals surface area contributed by atoms with Gasteiger partial charge in [0.05, 0.1) is 11.1 Å². The second-order valence-electron chi connectivity index (χ2n) is 11.2. The summed E-state index contributed by atoms with van der Waals surface area (Å²) in [5.41, 5.74) is -2.39. The predicted molar refractivity (Wildman–Crippen MR) is 124 cm³/mol. The van der Waals surface area contributed by atoms with Crippen LogP contribution in [0.1, 0.15) is 76.3 Å². The second kappa shape index (κ2) is 9.25. The average molecular weight is 513 g/mol. The van der Waals surface area contributed by atoms with Gasteiger partial charge in [0.25, 0.3) is 0 Å². The fourth-order valence-electron chi connectivity index (χ4n) is 6.89. The number of benzene rings is 1. The molecule has 1 aliphatic heterocycles. The van der Waals surface area contributed by atoms with Gasteiger partial charge in [0.2, 0.25) is 11.8 Å². The Hall–Kier alpha value is -1.80. The number of hydrogen-bond donors (Lipinski definition) is 2. The Morgan fingerprint density at radius 3 is 2.51 bits per heavy atom. The predicted octanol–water partition coefficient (Wildman–Crippen LogP) is 5.16. The van der Waals surface area contributed by atoms with Crippen LogP contribution >= 0.6 is 11.6 Å². The van der Waals surface area contributed by atoms with Crippen LogP contribution in [0.4, 0.5) is 13.2 Å². The van der Waals surface area contributed by atoms with Gasteiger partial charge in [0, 0.05) is 24.1 Å². The quantitative estimate of drug-likeness (QED) is 0.517. The van der Waals surface area contributed by atoms with Crippen LogP contribution in [0.25, 0.3) is 0 Å². The van der Waals surface area contributed by atoms with Crippen molar-refractivity contribution >= 4 is 23.4 Å². The van der Waals surface area contributed by atoms with Crippen molar-refractivity contribution in [1.29, 1.82) is 0 Å². The summed E-state index contributed by atoms with van der Waals surface area (Å²) < 4.78 is 50.7. The maximum Gasteiger partial charge on any atom is 0.249 e. The van der Waals surface area contributed by atoms with Gasteiger partial charge in [0.1, 0.15) is 23.4 Å². The molecule has 5 rings (SSSR count). The van der Waals surface area contributed by atoms with Gasteiger partial charge >= 0.3 is 0 Å². The number of carbonyl (C=O) groups excluding carboxylic acids is 2. The number of ether oxygens (including phenoxy) is 1. The summed E-state index contributed by atoms with van der Waals surface area (Å²) >= 11 is 5.99. The number of rotatable bonds is 6. The van der Waals surface area contributed by atoms with Crippen LogP contribution in [0.3, 0.4) is 0 Å². The van der Waals surface area contributed by atoms with Crippen molar-refractivity contribution < 1.29 is 27.5 Å². The highest BCUT2D eigenvalue weighted by molar-refractivity contribution is 6.30. The molecule has 9 heteroatoms. The molecule has 1 aromatic carbocycles. The maximum atomic E-state index is 15.1. The lowest BCUT2D eigenvalue weighted by molar-refractivity contribution is -0.131. The normalized spacial score (nSPS) is 36.9. The highest BCUT2D eigenvalue weighted by Crippen LogP contribution is 2.63. The van der Waals surface area contributed by atoms with Crippen LogP contribution in [0.5, 0.6) is 0 Å². The van der Waals surface area contributed by atoms with Gasteiger partial charge in [-0.2, -0.15) is 0 Å². The van der Waals surface area contributed by atoms with E-state index < -0.39 is 40.8 Å². The summed E-state index contributed by atoms with van der Waals surface area (Å²) in [6, 6.07) is 1.05. The lowest BCUT2D eigenvalue weighted by atomic mass is 9.74. The van der Waals surface area contributed by atoms with Crippen LogP contribution in [-0.2, 0) is 14.3 Å².